The molecule has 0 aliphatic rings. The van der Waals surface area contributed by atoms with Crippen molar-refractivity contribution in [3.63, 3.8) is 0 Å². The molecular weight excluding hydrogens is 288 g/mol. The van der Waals surface area contributed by atoms with Gasteiger partial charge in [0.25, 0.3) is 0 Å². The molecule has 0 aliphatic carbocycles. The van der Waals surface area contributed by atoms with Gasteiger partial charge in [-0.25, -0.2) is 9.97 Å². The summed E-state index contributed by atoms with van der Waals surface area (Å²) in [6, 6.07) is 19.8. The summed E-state index contributed by atoms with van der Waals surface area (Å²) in [6.45, 7) is 0. The van der Waals surface area contributed by atoms with Crippen molar-refractivity contribution >= 4 is 11.7 Å². The zero-order chi connectivity index (χ0) is 16.1. The fraction of sp³-hybridized carbons (Fsp3) is 0.0556. The lowest BCUT2D eigenvalue weighted by molar-refractivity contribution is 0.0906. The van der Waals surface area contributed by atoms with Crippen molar-refractivity contribution in [2.75, 3.05) is 5.32 Å². The molecule has 5 heteroatoms. The van der Waals surface area contributed by atoms with Crippen LogP contribution < -0.4 is 11.1 Å². The highest BCUT2D eigenvalue weighted by atomic mass is 16.1. The third kappa shape index (κ3) is 3.09. The molecule has 1 aromatic heterocycles. The van der Waals surface area contributed by atoms with E-state index in [4.69, 9.17) is 5.73 Å². The van der Waals surface area contributed by atoms with Crippen LogP contribution in [-0.4, -0.2) is 15.8 Å². The molecule has 3 N–H and O–H groups in total. The number of Topliss-reactive ketones (excluding diaryl/α,β-unsaturated/α-hetero) is 1. The summed E-state index contributed by atoms with van der Waals surface area (Å²) in [7, 11) is 0. The minimum Gasteiger partial charge on any atom is -0.326 e. The summed E-state index contributed by atoms with van der Waals surface area (Å²) in [5.74, 6) is 0.0416. The second-order valence-electron chi connectivity index (χ2n) is 5.07. The Morgan fingerprint density at radius 3 is 2.04 bits per heavy atom. The average molecular weight is 304 g/mol. The lowest BCUT2D eigenvalue weighted by Crippen LogP contribution is -2.52. The van der Waals surface area contributed by atoms with Crippen LogP contribution in [0.15, 0.2) is 79.1 Å². The summed E-state index contributed by atoms with van der Waals surface area (Å²) in [4.78, 5) is 21.3. The third-order valence-corrected chi connectivity index (χ3v) is 3.50. The molecule has 23 heavy (non-hydrogen) atoms. The first-order valence-corrected chi connectivity index (χ1v) is 7.19. The van der Waals surface area contributed by atoms with Crippen LogP contribution >= 0.6 is 0 Å². The van der Waals surface area contributed by atoms with Gasteiger partial charge in [0.2, 0.25) is 11.7 Å². The number of rotatable bonds is 5. The number of carbonyl (C=O) groups is 1. The zero-order valence-corrected chi connectivity index (χ0v) is 12.4. The standard InChI is InChI=1S/C18H16N4O/c19-18(15-10-5-2-6-11-15,22-17-20-12-7-13-21-17)16(23)14-8-3-1-4-9-14/h1-13H,19H2,(H,20,21,22). The Morgan fingerprint density at radius 1 is 0.870 bits per heavy atom. The van der Waals surface area contributed by atoms with Gasteiger partial charge in [0, 0.05) is 18.0 Å². The smallest absolute Gasteiger partial charge is 0.224 e. The zero-order valence-electron chi connectivity index (χ0n) is 12.4. The highest BCUT2D eigenvalue weighted by molar-refractivity contribution is 6.04. The molecule has 0 amide bonds. The highest BCUT2D eigenvalue weighted by Gasteiger charge is 2.37. The first-order chi connectivity index (χ1) is 11.2. The number of nitrogens with zero attached hydrogens (tertiary/aromatic N) is 2. The van der Waals surface area contributed by atoms with Gasteiger partial charge in [-0.1, -0.05) is 60.7 Å². The Kier molecular flexibility index (Phi) is 4.12. The molecule has 3 aromatic rings. The first-order valence-electron chi connectivity index (χ1n) is 7.19. The number of carbonyl (C=O) groups excluding carboxylic acids is 1. The van der Waals surface area contributed by atoms with Gasteiger partial charge in [-0.05, 0) is 11.6 Å². The van der Waals surface area contributed by atoms with E-state index in [2.05, 4.69) is 15.3 Å². The van der Waals surface area contributed by atoms with E-state index in [-0.39, 0.29) is 5.78 Å². The van der Waals surface area contributed by atoms with Crippen LogP contribution in [0.5, 0.6) is 0 Å². The van der Waals surface area contributed by atoms with Gasteiger partial charge in [-0.2, -0.15) is 0 Å². The van der Waals surface area contributed by atoms with Gasteiger partial charge in [0.05, 0.1) is 0 Å². The van der Waals surface area contributed by atoms with E-state index in [0.717, 1.165) is 0 Å². The van der Waals surface area contributed by atoms with E-state index in [9.17, 15) is 4.79 Å². The van der Waals surface area contributed by atoms with Gasteiger partial charge in [-0.15, -0.1) is 0 Å². The second kappa shape index (κ2) is 6.37. The molecule has 0 radical (unpaired) electrons. The Bertz CT molecular complexity index is 778. The van der Waals surface area contributed by atoms with Gasteiger partial charge < -0.3 is 5.32 Å². The Morgan fingerprint density at radius 2 is 1.43 bits per heavy atom. The van der Waals surface area contributed by atoms with Crippen LogP contribution in [0.3, 0.4) is 0 Å². The van der Waals surface area contributed by atoms with Crippen LogP contribution in [-0.2, 0) is 5.66 Å². The summed E-state index contributed by atoms with van der Waals surface area (Å²) in [6.07, 6.45) is 3.18. The third-order valence-electron chi connectivity index (χ3n) is 3.50. The van der Waals surface area contributed by atoms with Gasteiger partial charge in [0.15, 0.2) is 5.66 Å². The van der Waals surface area contributed by atoms with Gasteiger partial charge >= 0.3 is 0 Å². The van der Waals surface area contributed by atoms with Crippen molar-refractivity contribution in [3.05, 3.63) is 90.3 Å². The van der Waals surface area contributed by atoms with Crippen molar-refractivity contribution in [3.8, 4) is 0 Å². The molecule has 0 saturated carbocycles. The number of aromatic nitrogens is 2. The molecule has 0 bridgehead atoms. The Labute approximate surface area is 134 Å². The van der Waals surface area contributed by atoms with E-state index in [1.54, 1.807) is 54.9 Å². The van der Waals surface area contributed by atoms with Crippen molar-refractivity contribution < 1.29 is 4.79 Å². The topological polar surface area (TPSA) is 80.9 Å². The van der Waals surface area contributed by atoms with Gasteiger partial charge in [-0.3, -0.25) is 10.5 Å². The van der Waals surface area contributed by atoms with Crippen LogP contribution in [0.4, 0.5) is 5.95 Å². The number of ketones is 1. The van der Waals surface area contributed by atoms with Crippen molar-refractivity contribution in [1.82, 2.24) is 9.97 Å². The largest absolute Gasteiger partial charge is 0.326 e. The molecule has 1 heterocycles. The SMILES string of the molecule is NC(Nc1ncccn1)(C(=O)c1ccccc1)c1ccccc1. The molecule has 1 unspecified atom stereocenters. The fourth-order valence-corrected chi connectivity index (χ4v) is 2.32. The second-order valence-corrected chi connectivity index (χ2v) is 5.07. The molecule has 1 atom stereocenters. The number of hydrogen-bond acceptors (Lipinski definition) is 5. The average Bonchev–Trinajstić information content (AvgIpc) is 2.63. The number of nitrogens with two attached hydrogens (primary N) is 1. The summed E-state index contributed by atoms with van der Waals surface area (Å²) in [5.41, 5.74) is 6.19. The summed E-state index contributed by atoms with van der Waals surface area (Å²) >= 11 is 0. The molecule has 5 nitrogen and oxygen atoms in total. The van der Waals surface area contributed by atoms with E-state index in [0.29, 0.717) is 17.1 Å². The number of hydrogen-bond donors (Lipinski definition) is 2. The molecule has 0 saturated heterocycles. The molecular formula is C18H16N4O. The lowest BCUT2D eigenvalue weighted by Gasteiger charge is -2.29. The van der Waals surface area contributed by atoms with Gasteiger partial charge in [0.1, 0.15) is 0 Å². The molecule has 0 fully saturated rings. The normalized spacial score (nSPS) is 13.1. The molecule has 0 aliphatic heterocycles. The minimum absolute atomic E-state index is 0.253. The quantitative estimate of drug-likeness (QED) is 0.559. The van der Waals surface area contributed by atoms with Crippen molar-refractivity contribution in [1.29, 1.82) is 0 Å². The monoisotopic (exact) mass is 304 g/mol. The van der Waals surface area contributed by atoms with Crippen molar-refractivity contribution in [2.24, 2.45) is 5.73 Å². The maximum Gasteiger partial charge on any atom is 0.224 e. The van der Waals surface area contributed by atoms with Crippen LogP contribution in [0.25, 0.3) is 0 Å². The molecule has 2 aromatic carbocycles. The van der Waals surface area contributed by atoms with E-state index in [1.807, 2.05) is 24.3 Å². The van der Waals surface area contributed by atoms with Crippen LogP contribution in [0.2, 0.25) is 0 Å². The maximum absolute atomic E-state index is 13.0. The Hall–Kier alpha value is -3.05. The maximum atomic E-state index is 13.0. The highest BCUT2D eigenvalue weighted by Crippen LogP contribution is 2.24. The molecule has 0 spiro atoms. The summed E-state index contributed by atoms with van der Waals surface area (Å²) < 4.78 is 0. The first kappa shape index (κ1) is 14.9. The molecule has 114 valence electrons. The minimum atomic E-state index is -1.45. The van der Waals surface area contributed by atoms with Crippen LogP contribution in [0.1, 0.15) is 15.9 Å². The van der Waals surface area contributed by atoms with E-state index in [1.165, 1.54) is 0 Å². The van der Waals surface area contributed by atoms with Crippen LogP contribution in [0, 0.1) is 0 Å². The number of anilines is 1. The number of benzene rings is 2. The van der Waals surface area contributed by atoms with E-state index >= 15 is 0 Å². The van der Waals surface area contributed by atoms with E-state index < -0.39 is 5.66 Å². The summed E-state index contributed by atoms with van der Waals surface area (Å²) in [5, 5.41) is 2.98. The Balaban J connectivity index is 2.05. The predicted molar refractivity (Wildman–Crippen MR) is 88.7 cm³/mol. The predicted octanol–water partition coefficient (Wildman–Crippen LogP) is 2.58. The fourth-order valence-electron chi connectivity index (χ4n) is 2.32. The van der Waals surface area contributed by atoms with Crippen molar-refractivity contribution in [2.45, 2.75) is 5.66 Å². The number of nitrogens with one attached hydrogen (secondary N) is 1. The molecule has 3 rings (SSSR count). The lowest BCUT2D eigenvalue weighted by atomic mass is 9.91.